The second-order valence-electron chi connectivity index (χ2n) is 8.99. The molecular formula is C22H21Cl2N9O. The predicted octanol–water partition coefficient (Wildman–Crippen LogP) is 3.03. The number of aromatic amines is 1. The number of ether oxygens (including phenoxy) is 1. The van der Waals surface area contributed by atoms with Crippen molar-refractivity contribution in [1.29, 1.82) is 5.26 Å². The van der Waals surface area contributed by atoms with Crippen molar-refractivity contribution in [2.24, 2.45) is 18.2 Å². The van der Waals surface area contributed by atoms with Crippen LogP contribution in [0.1, 0.15) is 18.5 Å². The van der Waals surface area contributed by atoms with Crippen LogP contribution >= 0.6 is 23.2 Å². The lowest BCUT2D eigenvalue weighted by molar-refractivity contribution is 0.131. The Hall–Kier alpha value is -2.97. The number of nitriles is 1. The van der Waals surface area contributed by atoms with E-state index in [9.17, 15) is 5.26 Å². The molecule has 0 radical (unpaired) electrons. The number of nitrogens with two attached hydrogens (primary N) is 1. The molecule has 0 aliphatic carbocycles. The molecule has 0 amide bonds. The van der Waals surface area contributed by atoms with E-state index in [4.69, 9.17) is 38.7 Å². The number of nitrogens with one attached hydrogen (secondary N) is 1. The smallest absolute Gasteiger partial charge is 0.228 e. The van der Waals surface area contributed by atoms with Gasteiger partial charge in [-0.3, -0.25) is 9.78 Å². The van der Waals surface area contributed by atoms with Crippen molar-refractivity contribution in [3.8, 4) is 17.3 Å². The summed E-state index contributed by atoms with van der Waals surface area (Å²) < 4.78 is 7.18. The summed E-state index contributed by atoms with van der Waals surface area (Å²) in [6.07, 6.45) is 1.79. The topological polar surface area (TPSA) is 135 Å². The molecule has 4 aromatic rings. The Labute approximate surface area is 204 Å². The maximum atomic E-state index is 9.94. The van der Waals surface area contributed by atoms with Gasteiger partial charge in [0.1, 0.15) is 16.9 Å². The van der Waals surface area contributed by atoms with Gasteiger partial charge in [-0.25, -0.2) is 4.98 Å². The molecule has 1 atom stereocenters. The van der Waals surface area contributed by atoms with Gasteiger partial charge >= 0.3 is 0 Å². The van der Waals surface area contributed by atoms with Gasteiger partial charge in [0.05, 0.1) is 34.5 Å². The third-order valence-corrected chi connectivity index (χ3v) is 7.98. The molecule has 3 N–H and O–H groups in total. The van der Waals surface area contributed by atoms with Gasteiger partial charge in [-0.1, -0.05) is 23.2 Å². The maximum Gasteiger partial charge on any atom is 0.228 e. The molecular weight excluding hydrogens is 477 g/mol. The number of fused-ring (bicyclic) bond motifs is 2. The average molecular weight is 498 g/mol. The van der Waals surface area contributed by atoms with Crippen LogP contribution in [0.5, 0.6) is 0 Å². The number of rotatable bonds is 2. The van der Waals surface area contributed by atoms with Crippen LogP contribution in [0.4, 0.5) is 5.95 Å². The van der Waals surface area contributed by atoms with Crippen molar-refractivity contribution in [1.82, 2.24) is 29.9 Å². The first kappa shape index (κ1) is 21.6. The minimum absolute atomic E-state index is 0.0166. The van der Waals surface area contributed by atoms with Gasteiger partial charge in [0, 0.05) is 37.2 Å². The number of hydrogen-bond donors (Lipinski definition) is 2. The SMILES string of the molecule is Cn1nc2ccc(-c3n[nH]c4nc(N5CCC6(CC5)COC[C@H]6N)nc(C#N)c34)c(Cl)c2c1Cl. The normalized spacial score (nSPS) is 20.0. The Morgan fingerprint density at radius 2 is 2.03 bits per heavy atom. The van der Waals surface area contributed by atoms with E-state index in [0.717, 1.165) is 25.9 Å². The van der Waals surface area contributed by atoms with E-state index in [-0.39, 0.29) is 17.2 Å². The van der Waals surface area contributed by atoms with Crippen molar-refractivity contribution in [2.75, 3.05) is 31.2 Å². The first-order valence-electron chi connectivity index (χ1n) is 11.0. The van der Waals surface area contributed by atoms with Gasteiger partial charge < -0.3 is 15.4 Å². The number of hydrogen-bond acceptors (Lipinski definition) is 8. The summed E-state index contributed by atoms with van der Waals surface area (Å²) in [5, 5.41) is 23.7. The van der Waals surface area contributed by atoms with Crippen molar-refractivity contribution < 1.29 is 4.74 Å². The van der Waals surface area contributed by atoms with Crippen LogP contribution in [0.3, 0.4) is 0 Å². The van der Waals surface area contributed by atoms with Crippen LogP contribution < -0.4 is 10.6 Å². The fourth-order valence-corrected chi connectivity index (χ4v) is 5.69. The third kappa shape index (κ3) is 3.08. The predicted molar refractivity (Wildman–Crippen MR) is 129 cm³/mol. The zero-order valence-electron chi connectivity index (χ0n) is 18.3. The number of benzene rings is 1. The number of nitrogens with zero attached hydrogens (tertiary/aromatic N) is 7. The molecule has 2 aliphatic heterocycles. The summed E-state index contributed by atoms with van der Waals surface area (Å²) in [7, 11) is 1.75. The van der Waals surface area contributed by atoms with Gasteiger partial charge in [0.2, 0.25) is 5.95 Å². The molecule has 10 nitrogen and oxygen atoms in total. The summed E-state index contributed by atoms with van der Waals surface area (Å²) in [4.78, 5) is 11.4. The Kier molecular flexibility index (Phi) is 4.93. The van der Waals surface area contributed by atoms with Crippen LogP contribution in [0, 0.1) is 16.7 Å². The number of piperidine rings is 1. The number of halogens is 2. The molecule has 34 heavy (non-hydrogen) atoms. The first-order chi connectivity index (χ1) is 16.4. The number of H-pyrrole nitrogens is 1. The number of anilines is 1. The summed E-state index contributed by atoms with van der Waals surface area (Å²) in [6, 6.07) is 5.90. The van der Waals surface area contributed by atoms with Crippen LogP contribution in [0.25, 0.3) is 33.2 Å². The lowest BCUT2D eigenvalue weighted by Gasteiger charge is -2.40. The molecule has 0 bridgehead atoms. The highest BCUT2D eigenvalue weighted by molar-refractivity contribution is 6.43. The molecule has 1 spiro atoms. The standard InChI is InChI=1S/C22H21Cl2N9O/c1-32-19(24)15-12(31-32)3-2-11(17(15)23)18-16-13(8-25)27-21(28-20(16)30-29-18)33-6-4-22(5-7-33)10-34-9-14(22)26/h2-3,14H,4-7,9-10,26H2,1H3,(H,27,28,29,30)/t14-/m1/s1. The minimum atomic E-state index is 0.0166. The highest BCUT2D eigenvalue weighted by atomic mass is 35.5. The lowest BCUT2D eigenvalue weighted by Crippen LogP contribution is -2.49. The molecule has 2 fully saturated rings. The van der Waals surface area contributed by atoms with E-state index in [0.29, 0.717) is 62.5 Å². The van der Waals surface area contributed by atoms with Crippen molar-refractivity contribution in [3.05, 3.63) is 28.0 Å². The highest BCUT2D eigenvalue weighted by Crippen LogP contribution is 2.41. The van der Waals surface area contributed by atoms with Crippen LogP contribution in [-0.2, 0) is 11.8 Å². The fraction of sp³-hybridized carbons (Fsp3) is 0.409. The van der Waals surface area contributed by atoms with Crippen LogP contribution in [0.15, 0.2) is 12.1 Å². The van der Waals surface area contributed by atoms with E-state index in [2.05, 4.69) is 31.2 Å². The molecule has 0 saturated carbocycles. The largest absolute Gasteiger partial charge is 0.379 e. The molecule has 0 unspecified atom stereocenters. The van der Waals surface area contributed by atoms with Gasteiger partial charge in [-0.2, -0.15) is 20.4 Å². The summed E-state index contributed by atoms with van der Waals surface area (Å²) in [5.41, 5.74) is 8.83. The molecule has 5 heterocycles. The Morgan fingerprint density at radius 1 is 1.24 bits per heavy atom. The molecule has 12 heteroatoms. The number of aromatic nitrogens is 6. The summed E-state index contributed by atoms with van der Waals surface area (Å²) in [6.45, 7) is 2.80. The molecule has 3 aromatic heterocycles. The van der Waals surface area contributed by atoms with E-state index in [1.807, 2.05) is 12.1 Å². The third-order valence-electron chi connectivity index (χ3n) is 7.15. The van der Waals surface area contributed by atoms with E-state index >= 15 is 0 Å². The van der Waals surface area contributed by atoms with Crippen molar-refractivity contribution in [3.63, 3.8) is 0 Å². The van der Waals surface area contributed by atoms with Crippen molar-refractivity contribution >= 4 is 51.1 Å². The first-order valence-corrected chi connectivity index (χ1v) is 11.7. The Bertz CT molecular complexity index is 1480. The van der Waals surface area contributed by atoms with Gasteiger partial charge in [-0.05, 0) is 25.0 Å². The maximum absolute atomic E-state index is 9.94. The Balaban J connectivity index is 1.40. The molecule has 1 aromatic carbocycles. The number of aryl methyl sites for hydroxylation is 1. The fourth-order valence-electron chi connectivity index (χ4n) is 5.07. The van der Waals surface area contributed by atoms with Crippen molar-refractivity contribution in [2.45, 2.75) is 18.9 Å². The van der Waals surface area contributed by atoms with E-state index in [1.54, 1.807) is 11.7 Å². The van der Waals surface area contributed by atoms with Gasteiger partial charge in [0.15, 0.2) is 11.3 Å². The quantitative estimate of drug-likeness (QED) is 0.431. The molecule has 2 saturated heterocycles. The molecule has 6 rings (SSSR count). The Morgan fingerprint density at radius 3 is 2.74 bits per heavy atom. The monoisotopic (exact) mass is 497 g/mol. The second kappa shape index (κ2) is 7.78. The van der Waals surface area contributed by atoms with Crippen LogP contribution in [0.2, 0.25) is 10.2 Å². The minimum Gasteiger partial charge on any atom is -0.379 e. The zero-order chi connectivity index (χ0) is 23.6. The molecule has 174 valence electrons. The second-order valence-corrected chi connectivity index (χ2v) is 9.72. The van der Waals surface area contributed by atoms with E-state index in [1.165, 1.54) is 0 Å². The van der Waals surface area contributed by atoms with Gasteiger partial charge in [0.25, 0.3) is 0 Å². The summed E-state index contributed by atoms with van der Waals surface area (Å²) in [5.74, 6) is 0.499. The summed E-state index contributed by atoms with van der Waals surface area (Å²) >= 11 is 13.1. The van der Waals surface area contributed by atoms with Crippen LogP contribution in [-0.4, -0.2) is 62.3 Å². The zero-order valence-corrected chi connectivity index (χ0v) is 19.9. The lowest BCUT2D eigenvalue weighted by atomic mass is 9.75. The van der Waals surface area contributed by atoms with Gasteiger partial charge in [-0.15, -0.1) is 0 Å². The highest BCUT2D eigenvalue weighted by Gasteiger charge is 2.44. The molecule has 2 aliphatic rings. The average Bonchev–Trinajstić information content (AvgIpc) is 3.50. The van der Waals surface area contributed by atoms with E-state index < -0.39 is 0 Å².